The van der Waals surface area contributed by atoms with Crippen molar-refractivity contribution in [1.82, 2.24) is 0 Å². The Morgan fingerprint density at radius 2 is 0.855 bits per heavy atom. The number of ether oxygens (including phenoxy) is 1. The molecule has 0 fully saturated rings. The summed E-state index contributed by atoms with van der Waals surface area (Å²) in [4.78, 5) is 2.33. The third kappa shape index (κ3) is 4.82. The predicted molar refractivity (Wildman–Crippen MR) is 227 cm³/mol. The third-order valence-corrected chi connectivity index (χ3v) is 11.5. The van der Waals surface area contributed by atoms with Gasteiger partial charge in [0.05, 0.1) is 5.41 Å². The summed E-state index contributed by atoms with van der Waals surface area (Å²) in [6.45, 7) is 0. The molecule has 1 heterocycles. The Morgan fingerprint density at radius 1 is 0.327 bits per heavy atom. The number of rotatable bonds is 5. The summed E-state index contributed by atoms with van der Waals surface area (Å²) < 4.78 is 6.75. The second-order valence-corrected chi connectivity index (χ2v) is 14.4. The van der Waals surface area contributed by atoms with Crippen LogP contribution in [0.3, 0.4) is 0 Å². The normalized spacial score (nSPS) is 14.8. The van der Waals surface area contributed by atoms with Crippen LogP contribution in [0.4, 0.5) is 17.1 Å². The predicted octanol–water partition coefficient (Wildman–Crippen LogP) is 14.1. The van der Waals surface area contributed by atoms with Crippen molar-refractivity contribution in [3.63, 3.8) is 0 Å². The molecule has 258 valence electrons. The van der Waals surface area contributed by atoms with Gasteiger partial charge in [-0.05, 0) is 110 Å². The van der Waals surface area contributed by atoms with E-state index in [1.807, 2.05) is 0 Å². The van der Waals surface area contributed by atoms with Gasteiger partial charge in [-0.2, -0.15) is 0 Å². The van der Waals surface area contributed by atoms with Gasteiger partial charge in [-0.1, -0.05) is 158 Å². The SMILES string of the molecule is c1ccc(-c2ccc(N(c3ccccc3)c3ccc(-c4cccc5c4-c4ccccc4C54c5ccccc5Oc5cc6ccccc6cc54)cc3)cc2)cc1. The first-order valence-corrected chi connectivity index (χ1v) is 18.9. The van der Waals surface area contributed by atoms with Crippen LogP contribution in [0.5, 0.6) is 11.5 Å². The summed E-state index contributed by atoms with van der Waals surface area (Å²) in [5.74, 6) is 1.81. The van der Waals surface area contributed by atoms with Crippen molar-refractivity contribution in [2.24, 2.45) is 0 Å². The molecule has 1 atom stereocenters. The largest absolute Gasteiger partial charge is 0.457 e. The standard InChI is InChI=1S/C53H35NO/c1-3-14-36(15-4-1)37-26-30-42(31-27-37)54(41-18-5-2-6-19-41)43-32-28-38(29-33-43)44-21-13-24-48-52(44)45-20-9-10-22-46(45)53(48)47-23-11-12-25-50(47)55-51-35-40-17-8-7-16-39(40)34-49(51)53/h1-35H. The van der Waals surface area contributed by atoms with Gasteiger partial charge in [-0.3, -0.25) is 0 Å². The molecule has 0 saturated heterocycles. The van der Waals surface area contributed by atoms with E-state index in [0.717, 1.165) is 28.6 Å². The van der Waals surface area contributed by atoms with Crippen LogP contribution in [0.1, 0.15) is 22.3 Å². The minimum atomic E-state index is -0.536. The van der Waals surface area contributed by atoms with Gasteiger partial charge in [0.25, 0.3) is 0 Å². The zero-order chi connectivity index (χ0) is 36.3. The molecule has 0 radical (unpaired) electrons. The summed E-state index contributed by atoms with van der Waals surface area (Å²) in [6, 6.07) is 76.7. The van der Waals surface area contributed by atoms with Crippen molar-refractivity contribution in [2.75, 3.05) is 4.90 Å². The fourth-order valence-corrected chi connectivity index (χ4v) is 9.12. The molecule has 55 heavy (non-hydrogen) atoms. The highest BCUT2D eigenvalue weighted by atomic mass is 16.5. The maximum atomic E-state index is 6.75. The average Bonchev–Trinajstić information content (AvgIpc) is 3.55. The molecule has 2 nitrogen and oxygen atoms in total. The van der Waals surface area contributed by atoms with E-state index in [-0.39, 0.29) is 0 Å². The lowest BCUT2D eigenvalue weighted by Crippen LogP contribution is -2.32. The van der Waals surface area contributed by atoms with Crippen LogP contribution in [-0.2, 0) is 5.41 Å². The number of para-hydroxylation sites is 2. The molecule has 9 aromatic rings. The van der Waals surface area contributed by atoms with E-state index in [0.29, 0.717) is 0 Å². The second-order valence-electron chi connectivity index (χ2n) is 14.4. The number of hydrogen-bond acceptors (Lipinski definition) is 2. The minimum Gasteiger partial charge on any atom is -0.457 e. The highest BCUT2D eigenvalue weighted by Crippen LogP contribution is 2.63. The third-order valence-electron chi connectivity index (χ3n) is 11.5. The monoisotopic (exact) mass is 701 g/mol. The van der Waals surface area contributed by atoms with E-state index >= 15 is 0 Å². The lowest BCUT2D eigenvalue weighted by atomic mass is 9.65. The van der Waals surface area contributed by atoms with E-state index in [9.17, 15) is 0 Å². The fraction of sp³-hybridized carbons (Fsp3) is 0.0189. The summed E-state index contributed by atoms with van der Waals surface area (Å²) >= 11 is 0. The van der Waals surface area contributed by atoms with Crippen LogP contribution < -0.4 is 9.64 Å². The van der Waals surface area contributed by atoms with Gasteiger partial charge in [0.1, 0.15) is 11.5 Å². The molecule has 2 heteroatoms. The van der Waals surface area contributed by atoms with E-state index in [1.165, 1.54) is 66.4 Å². The zero-order valence-electron chi connectivity index (χ0n) is 30.1. The molecule has 11 rings (SSSR count). The Labute approximate surface area is 321 Å². The maximum absolute atomic E-state index is 6.75. The van der Waals surface area contributed by atoms with Crippen LogP contribution in [0.15, 0.2) is 212 Å². The van der Waals surface area contributed by atoms with Gasteiger partial charge in [0.2, 0.25) is 0 Å². The van der Waals surface area contributed by atoms with Crippen LogP contribution in [0.25, 0.3) is 44.2 Å². The van der Waals surface area contributed by atoms with Gasteiger partial charge >= 0.3 is 0 Å². The number of nitrogens with zero attached hydrogens (tertiary/aromatic N) is 1. The molecule has 0 N–H and O–H groups in total. The smallest absolute Gasteiger partial charge is 0.132 e. The molecule has 1 unspecified atom stereocenters. The molecule has 1 aliphatic heterocycles. The number of anilines is 3. The van der Waals surface area contributed by atoms with Crippen molar-refractivity contribution >= 4 is 27.8 Å². The van der Waals surface area contributed by atoms with Crippen molar-refractivity contribution in [2.45, 2.75) is 5.41 Å². The first-order valence-electron chi connectivity index (χ1n) is 18.9. The Hall–Kier alpha value is -7.16. The lowest BCUT2D eigenvalue weighted by Gasteiger charge is -2.39. The molecule has 1 spiro atoms. The molecule has 0 saturated carbocycles. The molecule has 2 aliphatic rings. The molecule has 0 bridgehead atoms. The van der Waals surface area contributed by atoms with Gasteiger partial charge in [-0.15, -0.1) is 0 Å². The van der Waals surface area contributed by atoms with E-state index in [1.54, 1.807) is 0 Å². The van der Waals surface area contributed by atoms with Crippen LogP contribution in [0, 0.1) is 0 Å². The Morgan fingerprint density at radius 3 is 1.60 bits per heavy atom. The quantitative estimate of drug-likeness (QED) is 0.177. The summed E-state index contributed by atoms with van der Waals surface area (Å²) in [5, 5.41) is 2.38. The van der Waals surface area contributed by atoms with Gasteiger partial charge in [0, 0.05) is 28.2 Å². The van der Waals surface area contributed by atoms with Crippen molar-refractivity contribution in [1.29, 1.82) is 0 Å². The van der Waals surface area contributed by atoms with E-state index in [2.05, 4.69) is 217 Å². The summed E-state index contributed by atoms with van der Waals surface area (Å²) in [6.07, 6.45) is 0. The Kier molecular flexibility index (Phi) is 7.11. The molecule has 9 aromatic carbocycles. The number of fused-ring (bicyclic) bond motifs is 10. The topological polar surface area (TPSA) is 12.5 Å². The highest BCUT2D eigenvalue weighted by molar-refractivity contribution is 5.98. The summed E-state index contributed by atoms with van der Waals surface area (Å²) in [5.41, 5.74) is 15.1. The Balaban J connectivity index is 1.07. The van der Waals surface area contributed by atoms with Crippen molar-refractivity contribution < 1.29 is 4.74 Å². The average molecular weight is 702 g/mol. The second kappa shape index (κ2) is 12.5. The van der Waals surface area contributed by atoms with Crippen molar-refractivity contribution in [3.05, 3.63) is 235 Å². The van der Waals surface area contributed by atoms with Gasteiger partial charge in [-0.25, -0.2) is 0 Å². The van der Waals surface area contributed by atoms with Gasteiger partial charge in [0.15, 0.2) is 0 Å². The number of hydrogen-bond donors (Lipinski definition) is 0. The van der Waals surface area contributed by atoms with Crippen LogP contribution >= 0.6 is 0 Å². The first-order chi connectivity index (χ1) is 27.3. The summed E-state index contributed by atoms with van der Waals surface area (Å²) in [7, 11) is 0. The highest BCUT2D eigenvalue weighted by Gasteiger charge is 2.51. The number of benzene rings is 9. The molecule has 0 amide bonds. The van der Waals surface area contributed by atoms with Gasteiger partial charge < -0.3 is 9.64 Å². The molecular formula is C53H35NO. The lowest BCUT2D eigenvalue weighted by molar-refractivity contribution is 0.437. The van der Waals surface area contributed by atoms with E-state index in [4.69, 9.17) is 4.74 Å². The van der Waals surface area contributed by atoms with Crippen molar-refractivity contribution in [3.8, 4) is 44.9 Å². The molecular weight excluding hydrogens is 667 g/mol. The van der Waals surface area contributed by atoms with E-state index < -0.39 is 5.41 Å². The Bertz CT molecular complexity index is 2880. The molecule has 1 aliphatic carbocycles. The molecule has 0 aromatic heterocycles. The zero-order valence-corrected chi connectivity index (χ0v) is 30.1. The fourth-order valence-electron chi connectivity index (χ4n) is 9.12. The first kappa shape index (κ1) is 31.4. The van der Waals surface area contributed by atoms with Crippen LogP contribution in [0.2, 0.25) is 0 Å². The minimum absolute atomic E-state index is 0.536. The van der Waals surface area contributed by atoms with Crippen LogP contribution in [-0.4, -0.2) is 0 Å². The maximum Gasteiger partial charge on any atom is 0.132 e.